The lowest BCUT2D eigenvalue weighted by Gasteiger charge is -2.30. The molecule has 8 heteroatoms. The van der Waals surface area contributed by atoms with Crippen LogP contribution >= 0.6 is 23.2 Å². The number of hydrogen-bond acceptors (Lipinski definition) is 5. The van der Waals surface area contributed by atoms with E-state index in [0.717, 1.165) is 24.1 Å². The highest BCUT2D eigenvalue weighted by Crippen LogP contribution is 2.43. The number of carbonyl (C=O) groups excluding carboxylic acids is 2. The van der Waals surface area contributed by atoms with E-state index in [-0.39, 0.29) is 42.9 Å². The van der Waals surface area contributed by atoms with Crippen LogP contribution in [0.15, 0.2) is 36.4 Å². The maximum absolute atomic E-state index is 12.1. The number of aliphatic hydroxyl groups excluding tert-OH is 1. The van der Waals surface area contributed by atoms with Crippen LogP contribution in [0, 0.1) is 0 Å². The quantitative estimate of drug-likeness (QED) is 0.703. The molecule has 3 aliphatic rings. The van der Waals surface area contributed by atoms with Gasteiger partial charge in [-0.2, -0.15) is 0 Å². The number of aliphatic hydroxyl groups is 1. The number of ether oxygens (including phenoxy) is 1. The molecule has 2 heterocycles. The van der Waals surface area contributed by atoms with Gasteiger partial charge in [-0.15, -0.1) is 0 Å². The van der Waals surface area contributed by atoms with Crippen molar-refractivity contribution < 1.29 is 19.4 Å². The molecule has 2 aliphatic heterocycles. The fourth-order valence-electron chi connectivity index (χ4n) is 4.86. The fraction of sp³-hybridized carbons (Fsp3) is 0.391. The van der Waals surface area contributed by atoms with Crippen LogP contribution in [-0.2, 0) is 16.0 Å². The lowest BCUT2D eigenvalue weighted by molar-refractivity contribution is -0.121. The second-order valence-electron chi connectivity index (χ2n) is 8.32. The number of nitrogens with zero attached hydrogens (tertiary/aromatic N) is 2. The molecule has 1 aliphatic carbocycles. The Morgan fingerprint density at radius 2 is 1.84 bits per heavy atom. The largest absolute Gasteiger partial charge is 0.484 e. The maximum Gasteiger partial charge on any atom is 0.234 e. The number of β-amino-alcohol motifs (C(OH)–C–C–N with tert-alkyl or cyclic N) is 1. The van der Waals surface area contributed by atoms with Gasteiger partial charge in [0.1, 0.15) is 11.9 Å². The van der Waals surface area contributed by atoms with Gasteiger partial charge in [0.25, 0.3) is 0 Å². The fourth-order valence-corrected chi connectivity index (χ4v) is 5.44. The Kier molecular flexibility index (Phi) is 5.42. The molecule has 2 fully saturated rings. The Bertz CT molecular complexity index is 1040. The number of benzene rings is 2. The first kappa shape index (κ1) is 20.8. The van der Waals surface area contributed by atoms with Crippen LogP contribution in [0.5, 0.6) is 5.75 Å². The van der Waals surface area contributed by atoms with E-state index in [1.807, 2.05) is 12.1 Å². The van der Waals surface area contributed by atoms with Crippen LogP contribution in [0.4, 0.5) is 5.69 Å². The summed E-state index contributed by atoms with van der Waals surface area (Å²) in [6, 6.07) is 10.7. The Morgan fingerprint density at radius 3 is 2.55 bits per heavy atom. The van der Waals surface area contributed by atoms with Crippen LogP contribution in [0.2, 0.25) is 10.0 Å². The first-order chi connectivity index (χ1) is 14.9. The van der Waals surface area contributed by atoms with E-state index in [4.69, 9.17) is 27.9 Å². The molecular weight excluding hydrogens is 439 g/mol. The van der Waals surface area contributed by atoms with Crippen molar-refractivity contribution in [3.63, 3.8) is 0 Å². The Hall–Kier alpha value is -2.12. The zero-order valence-electron chi connectivity index (χ0n) is 16.8. The minimum absolute atomic E-state index is 0.00169. The topological polar surface area (TPSA) is 70.1 Å². The summed E-state index contributed by atoms with van der Waals surface area (Å²) in [4.78, 5) is 27.7. The van der Waals surface area contributed by atoms with Crippen molar-refractivity contribution >= 4 is 40.7 Å². The number of likely N-dealkylation sites (tertiary alicyclic amines) is 1. The molecule has 162 valence electrons. The number of hydrogen-bond donors (Lipinski definition) is 1. The normalized spacial score (nSPS) is 26.0. The van der Waals surface area contributed by atoms with Crippen molar-refractivity contribution in [1.29, 1.82) is 0 Å². The van der Waals surface area contributed by atoms with Gasteiger partial charge in [0, 0.05) is 47.6 Å². The lowest BCUT2D eigenvalue weighted by Crippen LogP contribution is -2.39. The molecule has 3 atom stereocenters. The van der Waals surface area contributed by atoms with E-state index in [2.05, 4.69) is 4.90 Å². The van der Waals surface area contributed by atoms with E-state index in [1.165, 1.54) is 4.90 Å². The molecular formula is C23H22Cl2N2O4. The first-order valence-electron chi connectivity index (χ1n) is 10.4. The molecule has 2 aromatic rings. The van der Waals surface area contributed by atoms with Crippen molar-refractivity contribution in [3.8, 4) is 5.75 Å². The van der Waals surface area contributed by atoms with Crippen molar-refractivity contribution in [2.45, 2.75) is 43.9 Å². The molecule has 5 rings (SSSR count). The molecule has 2 amide bonds. The molecule has 1 N–H and O–H groups in total. The standard InChI is InChI=1S/C23H22Cl2N2O4/c24-13-8-18-17(19(25)9-13)11-20(26-7-6-15(28)12-26)23(18)31-16-3-1-2-14(10-16)27-21(29)4-5-22(27)30/h1-3,8-10,15,20,23,28H,4-7,11-12H2/t15-,20?,23+/m1/s1. The van der Waals surface area contributed by atoms with Gasteiger partial charge < -0.3 is 9.84 Å². The highest BCUT2D eigenvalue weighted by molar-refractivity contribution is 6.35. The van der Waals surface area contributed by atoms with Crippen molar-refractivity contribution in [2.75, 3.05) is 18.0 Å². The second kappa shape index (κ2) is 8.10. The summed E-state index contributed by atoms with van der Waals surface area (Å²) in [5, 5.41) is 11.2. The van der Waals surface area contributed by atoms with E-state index in [0.29, 0.717) is 34.4 Å². The zero-order chi connectivity index (χ0) is 21.7. The van der Waals surface area contributed by atoms with E-state index < -0.39 is 0 Å². The van der Waals surface area contributed by atoms with E-state index in [9.17, 15) is 14.7 Å². The highest BCUT2D eigenvalue weighted by atomic mass is 35.5. The third-order valence-corrected chi connectivity index (χ3v) is 6.87. The maximum atomic E-state index is 12.1. The highest BCUT2D eigenvalue weighted by Gasteiger charge is 2.42. The van der Waals surface area contributed by atoms with Gasteiger partial charge in [-0.25, -0.2) is 0 Å². The molecule has 31 heavy (non-hydrogen) atoms. The summed E-state index contributed by atoms with van der Waals surface area (Å²) in [7, 11) is 0. The third kappa shape index (κ3) is 3.82. The number of halogens is 2. The molecule has 2 aromatic carbocycles. The minimum atomic E-state index is -0.348. The van der Waals surface area contributed by atoms with Gasteiger partial charge in [0.05, 0.1) is 17.8 Å². The number of fused-ring (bicyclic) bond motifs is 1. The summed E-state index contributed by atoms with van der Waals surface area (Å²) in [5.74, 6) is 0.162. The average Bonchev–Trinajstić information content (AvgIpc) is 3.40. The third-order valence-electron chi connectivity index (χ3n) is 6.32. The molecule has 0 saturated carbocycles. The molecule has 0 radical (unpaired) electrons. The van der Waals surface area contributed by atoms with E-state index >= 15 is 0 Å². The number of anilines is 1. The lowest BCUT2D eigenvalue weighted by atomic mass is 10.1. The second-order valence-corrected chi connectivity index (χ2v) is 9.17. The van der Waals surface area contributed by atoms with Crippen LogP contribution in [-0.4, -0.2) is 47.1 Å². The van der Waals surface area contributed by atoms with E-state index in [1.54, 1.807) is 24.3 Å². The Labute approximate surface area is 190 Å². The number of imide groups is 1. The van der Waals surface area contributed by atoms with Crippen LogP contribution in [0.3, 0.4) is 0 Å². The predicted molar refractivity (Wildman–Crippen MR) is 118 cm³/mol. The molecule has 0 bridgehead atoms. The van der Waals surface area contributed by atoms with Crippen LogP contribution < -0.4 is 9.64 Å². The van der Waals surface area contributed by atoms with Gasteiger partial charge in [-0.1, -0.05) is 29.3 Å². The van der Waals surface area contributed by atoms with Crippen LogP contribution in [0.1, 0.15) is 36.5 Å². The van der Waals surface area contributed by atoms with Crippen molar-refractivity contribution in [3.05, 3.63) is 57.6 Å². The Morgan fingerprint density at radius 1 is 1.06 bits per heavy atom. The molecule has 0 aromatic heterocycles. The monoisotopic (exact) mass is 460 g/mol. The zero-order valence-corrected chi connectivity index (χ0v) is 18.3. The summed E-state index contributed by atoms with van der Waals surface area (Å²) in [6.45, 7) is 1.36. The smallest absolute Gasteiger partial charge is 0.234 e. The molecule has 6 nitrogen and oxygen atoms in total. The average molecular weight is 461 g/mol. The summed E-state index contributed by atoms with van der Waals surface area (Å²) in [6.07, 6.45) is 1.21. The van der Waals surface area contributed by atoms with Crippen molar-refractivity contribution in [1.82, 2.24) is 4.90 Å². The summed E-state index contributed by atoms with van der Waals surface area (Å²) >= 11 is 12.8. The Balaban J connectivity index is 1.48. The van der Waals surface area contributed by atoms with Crippen LogP contribution in [0.25, 0.3) is 0 Å². The SMILES string of the molecule is O=C1CCC(=O)N1c1cccc(O[C@H]2c3cc(Cl)cc(Cl)c3CC2N2CC[C@@H](O)C2)c1. The summed E-state index contributed by atoms with van der Waals surface area (Å²) in [5.41, 5.74) is 2.45. The van der Waals surface area contributed by atoms with Gasteiger partial charge in [-0.3, -0.25) is 19.4 Å². The van der Waals surface area contributed by atoms with Gasteiger partial charge in [0.2, 0.25) is 11.8 Å². The van der Waals surface area contributed by atoms with Gasteiger partial charge in [-0.05, 0) is 42.7 Å². The summed E-state index contributed by atoms with van der Waals surface area (Å²) < 4.78 is 6.45. The molecule has 0 spiro atoms. The first-order valence-corrected chi connectivity index (χ1v) is 11.2. The minimum Gasteiger partial charge on any atom is -0.484 e. The number of carbonyl (C=O) groups is 2. The number of amides is 2. The van der Waals surface area contributed by atoms with Gasteiger partial charge in [0.15, 0.2) is 0 Å². The van der Waals surface area contributed by atoms with Crippen molar-refractivity contribution in [2.24, 2.45) is 0 Å². The molecule has 2 saturated heterocycles. The predicted octanol–water partition coefficient (Wildman–Crippen LogP) is 3.76. The molecule has 1 unspecified atom stereocenters. The number of rotatable bonds is 4. The van der Waals surface area contributed by atoms with Gasteiger partial charge >= 0.3 is 0 Å².